The number of piperidine rings is 1. The minimum absolute atomic E-state index is 0.0578. The highest BCUT2D eigenvalue weighted by Crippen LogP contribution is 2.29. The molecule has 2 aliphatic rings. The first-order valence-corrected chi connectivity index (χ1v) is 7.77. The number of imide groups is 1. The quantitative estimate of drug-likeness (QED) is 0.784. The number of rotatable bonds is 2. The molecule has 0 saturated carbocycles. The standard InChI is InChI=1S/C17H22N2O2/c1-12-6-8-14(9-7-12)19-16(20)11-15(17(19)21)18-10-4-3-5-13(18)2/h6-9,13,15H,3-5,10-11H2,1-2H3/t13-,15-/m0/s1. The minimum atomic E-state index is -0.269. The largest absolute Gasteiger partial charge is 0.289 e. The fourth-order valence-corrected chi connectivity index (χ4v) is 3.42. The van der Waals surface area contributed by atoms with Crippen molar-refractivity contribution >= 4 is 17.5 Å². The van der Waals surface area contributed by atoms with Crippen molar-refractivity contribution in [3.63, 3.8) is 0 Å². The van der Waals surface area contributed by atoms with Gasteiger partial charge in [-0.2, -0.15) is 0 Å². The van der Waals surface area contributed by atoms with Crippen molar-refractivity contribution < 1.29 is 9.59 Å². The number of carbonyl (C=O) groups excluding carboxylic acids is 2. The number of nitrogens with zero attached hydrogens (tertiary/aromatic N) is 2. The Morgan fingerprint density at radius 2 is 1.81 bits per heavy atom. The van der Waals surface area contributed by atoms with Crippen molar-refractivity contribution in [1.82, 2.24) is 4.90 Å². The van der Waals surface area contributed by atoms with Gasteiger partial charge in [-0.25, -0.2) is 4.90 Å². The van der Waals surface area contributed by atoms with E-state index in [1.54, 1.807) is 0 Å². The molecule has 4 nitrogen and oxygen atoms in total. The summed E-state index contributed by atoms with van der Waals surface area (Å²) in [4.78, 5) is 28.6. The average Bonchev–Trinajstić information content (AvgIpc) is 2.76. The molecule has 2 atom stereocenters. The first kappa shape index (κ1) is 14.3. The summed E-state index contributed by atoms with van der Waals surface area (Å²) in [6.45, 7) is 5.08. The SMILES string of the molecule is Cc1ccc(N2C(=O)C[C@H](N3CCCC[C@@H]3C)C2=O)cc1. The first-order chi connectivity index (χ1) is 10.1. The molecular weight excluding hydrogens is 264 g/mol. The Hall–Kier alpha value is -1.68. The smallest absolute Gasteiger partial charge is 0.251 e. The van der Waals surface area contributed by atoms with Gasteiger partial charge in [0.2, 0.25) is 5.91 Å². The van der Waals surface area contributed by atoms with Crippen LogP contribution in [0.2, 0.25) is 0 Å². The highest BCUT2D eigenvalue weighted by molar-refractivity contribution is 6.22. The molecule has 0 aromatic heterocycles. The van der Waals surface area contributed by atoms with Crippen molar-refractivity contribution in [3.05, 3.63) is 29.8 Å². The summed E-state index contributed by atoms with van der Waals surface area (Å²) in [5, 5.41) is 0. The number of amides is 2. The van der Waals surface area contributed by atoms with E-state index in [1.807, 2.05) is 31.2 Å². The van der Waals surface area contributed by atoms with Gasteiger partial charge in [0.05, 0.1) is 18.2 Å². The molecule has 2 saturated heterocycles. The molecule has 3 rings (SSSR count). The van der Waals surface area contributed by atoms with Crippen molar-refractivity contribution in [2.24, 2.45) is 0 Å². The van der Waals surface area contributed by atoms with Crippen molar-refractivity contribution in [2.45, 2.75) is 51.6 Å². The molecule has 2 amide bonds. The fraction of sp³-hybridized carbons (Fsp3) is 0.529. The molecule has 2 aliphatic heterocycles. The molecule has 2 fully saturated rings. The Labute approximate surface area is 125 Å². The van der Waals surface area contributed by atoms with Crippen molar-refractivity contribution in [1.29, 1.82) is 0 Å². The van der Waals surface area contributed by atoms with Gasteiger partial charge in [0.1, 0.15) is 0 Å². The van der Waals surface area contributed by atoms with Gasteiger partial charge in [-0.1, -0.05) is 24.1 Å². The number of aryl methyl sites for hydroxylation is 1. The average molecular weight is 286 g/mol. The number of anilines is 1. The second-order valence-corrected chi connectivity index (χ2v) is 6.21. The van der Waals surface area contributed by atoms with Crippen LogP contribution in [0.25, 0.3) is 0 Å². The Morgan fingerprint density at radius 1 is 1.10 bits per heavy atom. The molecule has 0 bridgehead atoms. The van der Waals surface area contributed by atoms with Gasteiger partial charge in [0.15, 0.2) is 0 Å². The lowest BCUT2D eigenvalue weighted by Crippen LogP contribution is -2.48. The number of carbonyl (C=O) groups is 2. The maximum absolute atomic E-state index is 12.7. The molecule has 1 aromatic carbocycles. The van der Waals surface area contributed by atoms with Gasteiger partial charge >= 0.3 is 0 Å². The third-order valence-corrected chi connectivity index (χ3v) is 4.67. The van der Waals surface area contributed by atoms with Crippen LogP contribution in [-0.4, -0.2) is 35.3 Å². The van der Waals surface area contributed by atoms with Crippen LogP contribution in [0.15, 0.2) is 24.3 Å². The lowest BCUT2D eigenvalue weighted by molar-refractivity contribution is -0.123. The number of likely N-dealkylation sites (tertiary alicyclic amines) is 1. The van der Waals surface area contributed by atoms with E-state index in [2.05, 4.69) is 11.8 Å². The van der Waals surface area contributed by atoms with Crippen molar-refractivity contribution in [2.75, 3.05) is 11.4 Å². The van der Waals surface area contributed by atoms with Crippen LogP contribution < -0.4 is 4.90 Å². The van der Waals surface area contributed by atoms with E-state index in [1.165, 1.54) is 11.3 Å². The van der Waals surface area contributed by atoms with E-state index in [-0.39, 0.29) is 17.9 Å². The summed E-state index contributed by atoms with van der Waals surface area (Å²) in [6, 6.07) is 7.70. The van der Waals surface area contributed by atoms with Crippen LogP contribution in [0.1, 0.15) is 38.2 Å². The van der Waals surface area contributed by atoms with Gasteiger partial charge in [0, 0.05) is 6.04 Å². The fourth-order valence-electron chi connectivity index (χ4n) is 3.42. The Balaban J connectivity index is 1.83. The van der Waals surface area contributed by atoms with Gasteiger partial charge < -0.3 is 0 Å². The van der Waals surface area contributed by atoms with Crippen LogP contribution in [0.5, 0.6) is 0 Å². The monoisotopic (exact) mass is 286 g/mol. The van der Waals surface area contributed by atoms with E-state index in [4.69, 9.17) is 0 Å². The summed E-state index contributed by atoms with van der Waals surface area (Å²) in [5.74, 6) is -0.135. The molecule has 0 N–H and O–H groups in total. The van der Waals surface area contributed by atoms with Gasteiger partial charge in [-0.15, -0.1) is 0 Å². The zero-order valence-electron chi connectivity index (χ0n) is 12.7. The predicted molar refractivity (Wildman–Crippen MR) is 82.1 cm³/mol. The second-order valence-electron chi connectivity index (χ2n) is 6.21. The van der Waals surface area contributed by atoms with Crippen LogP contribution in [0.3, 0.4) is 0 Å². The third-order valence-electron chi connectivity index (χ3n) is 4.67. The topological polar surface area (TPSA) is 40.6 Å². The van der Waals surface area contributed by atoms with Crippen LogP contribution in [0.4, 0.5) is 5.69 Å². The molecular formula is C17H22N2O2. The van der Waals surface area contributed by atoms with Crippen LogP contribution in [0, 0.1) is 6.92 Å². The molecule has 0 spiro atoms. The number of hydrogen-bond donors (Lipinski definition) is 0. The normalized spacial score (nSPS) is 27.4. The Kier molecular flexibility index (Phi) is 3.81. The highest BCUT2D eigenvalue weighted by Gasteiger charge is 2.44. The first-order valence-electron chi connectivity index (χ1n) is 7.77. The molecule has 21 heavy (non-hydrogen) atoms. The maximum atomic E-state index is 12.7. The van der Waals surface area contributed by atoms with E-state index in [0.717, 1.165) is 24.9 Å². The molecule has 0 radical (unpaired) electrons. The molecule has 0 unspecified atom stereocenters. The lowest BCUT2D eigenvalue weighted by atomic mass is 10.0. The summed E-state index contributed by atoms with van der Waals surface area (Å²) in [6.07, 6.45) is 3.76. The van der Waals surface area contributed by atoms with Crippen molar-refractivity contribution in [3.8, 4) is 0 Å². The maximum Gasteiger partial charge on any atom is 0.251 e. The van der Waals surface area contributed by atoms with Crippen LogP contribution in [-0.2, 0) is 9.59 Å². The summed E-state index contributed by atoms with van der Waals surface area (Å²) in [5.41, 5.74) is 1.82. The van der Waals surface area contributed by atoms with E-state index in [9.17, 15) is 9.59 Å². The van der Waals surface area contributed by atoms with E-state index >= 15 is 0 Å². The zero-order valence-corrected chi connectivity index (χ0v) is 12.7. The molecule has 1 aromatic rings. The Morgan fingerprint density at radius 3 is 2.48 bits per heavy atom. The van der Waals surface area contributed by atoms with Gasteiger partial charge in [-0.3, -0.25) is 14.5 Å². The van der Waals surface area contributed by atoms with Crippen LogP contribution >= 0.6 is 0 Å². The summed E-state index contributed by atoms with van der Waals surface area (Å²) in [7, 11) is 0. The highest BCUT2D eigenvalue weighted by atomic mass is 16.2. The van der Waals surface area contributed by atoms with Gasteiger partial charge in [0.25, 0.3) is 5.91 Å². The second kappa shape index (κ2) is 5.60. The third kappa shape index (κ3) is 2.60. The predicted octanol–water partition coefficient (Wildman–Crippen LogP) is 2.50. The summed E-state index contributed by atoms with van der Waals surface area (Å²) < 4.78 is 0. The minimum Gasteiger partial charge on any atom is -0.289 e. The molecule has 2 heterocycles. The Bertz CT molecular complexity index is 552. The number of benzene rings is 1. The molecule has 0 aliphatic carbocycles. The lowest BCUT2D eigenvalue weighted by Gasteiger charge is -2.36. The zero-order chi connectivity index (χ0) is 15.0. The summed E-state index contributed by atoms with van der Waals surface area (Å²) >= 11 is 0. The van der Waals surface area contributed by atoms with E-state index in [0.29, 0.717) is 18.2 Å². The molecule has 4 heteroatoms. The van der Waals surface area contributed by atoms with Gasteiger partial charge in [-0.05, 0) is 45.4 Å². The number of hydrogen-bond acceptors (Lipinski definition) is 3. The van der Waals surface area contributed by atoms with E-state index < -0.39 is 0 Å². The molecule has 112 valence electrons.